The van der Waals surface area contributed by atoms with E-state index in [1.165, 1.54) is 10.6 Å². The van der Waals surface area contributed by atoms with Gasteiger partial charge in [0.2, 0.25) is 0 Å². The van der Waals surface area contributed by atoms with Crippen LogP contribution in [0.5, 0.6) is 5.75 Å². The second-order valence-electron chi connectivity index (χ2n) is 7.26. The molecule has 0 radical (unpaired) electrons. The second-order valence-corrected chi connectivity index (χ2v) is 8.15. The fourth-order valence-corrected chi connectivity index (χ4v) is 3.66. The molecule has 0 aliphatic carbocycles. The smallest absolute Gasteiger partial charge is 0.120 e. The number of thiazole rings is 1. The Morgan fingerprint density at radius 1 is 1.33 bits per heavy atom. The first kappa shape index (κ1) is 19.8. The number of nitrogens with zero attached hydrogens (tertiary/aromatic N) is 1. The molecule has 2 aromatic rings. The Balaban J connectivity index is 1.69. The molecule has 0 atom stereocenters. The van der Waals surface area contributed by atoms with Gasteiger partial charge < -0.3 is 15.4 Å². The minimum absolute atomic E-state index is 0.469. The molecule has 0 bridgehead atoms. The lowest BCUT2D eigenvalue weighted by molar-refractivity contribution is 0.331. The van der Waals surface area contributed by atoms with Crippen molar-refractivity contribution in [1.82, 2.24) is 15.6 Å². The van der Waals surface area contributed by atoms with E-state index in [0.717, 1.165) is 49.1 Å². The third kappa shape index (κ3) is 6.03. The van der Waals surface area contributed by atoms with E-state index in [1.807, 2.05) is 0 Å². The quantitative estimate of drug-likeness (QED) is 0.600. The molecule has 0 amide bonds. The average Bonchev–Trinajstić information content (AvgIpc) is 3.10. The number of nitrogens with one attached hydrogen (secondary N) is 2. The van der Waals surface area contributed by atoms with Crippen LogP contribution in [-0.2, 0) is 6.54 Å². The van der Waals surface area contributed by atoms with Gasteiger partial charge in [-0.15, -0.1) is 11.3 Å². The zero-order chi connectivity index (χ0) is 19.1. The van der Waals surface area contributed by atoms with Crippen molar-refractivity contribution in [3.05, 3.63) is 58.1 Å². The number of benzene rings is 1. The van der Waals surface area contributed by atoms with Crippen LogP contribution in [0.2, 0.25) is 0 Å². The number of hydrogen-bond acceptors (Lipinski definition) is 5. The second kappa shape index (κ2) is 9.83. The summed E-state index contributed by atoms with van der Waals surface area (Å²) in [6.07, 6.45) is 5.96. The summed E-state index contributed by atoms with van der Waals surface area (Å²) in [6, 6.07) is 6.38. The van der Waals surface area contributed by atoms with Crippen LogP contribution in [0.25, 0.3) is 12.2 Å². The Bertz CT molecular complexity index is 778. The van der Waals surface area contributed by atoms with Crippen molar-refractivity contribution in [2.24, 2.45) is 5.92 Å². The fourth-order valence-electron chi connectivity index (χ4n) is 2.86. The normalized spacial score (nSPS) is 14.6. The predicted octanol–water partition coefficient (Wildman–Crippen LogP) is 4.31. The van der Waals surface area contributed by atoms with E-state index in [2.05, 4.69) is 71.8 Å². The van der Waals surface area contributed by atoms with Crippen molar-refractivity contribution in [2.75, 3.05) is 26.2 Å². The lowest BCUT2D eigenvalue weighted by atomic mass is 10.0. The van der Waals surface area contributed by atoms with Gasteiger partial charge in [-0.2, -0.15) is 0 Å². The molecular weight excluding hydrogens is 354 g/mol. The van der Waals surface area contributed by atoms with Gasteiger partial charge in [-0.3, -0.25) is 0 Å². The van der Waals surface area contributed by atoms with Gasteiger partial charge in [0.25, 0.3) is 0 Å². The maximum Gasteiger partial charge on any atom is 0.120 e. The Hall–Kier alpha value is -1.95. The Morgan fingerprint density at radius 3 is 2.85 bits per heavy atom. The lowest BCUT2D eigenvalue weighted by Crippen LogP contribution is -2.47. The molecule has 4 nitrogen and oxygen atoms in total. The van der Waals surface area contributed by atoms with Crippen molar-refractivity contribution < 1.29 is 4.74 Å². The zero-order valence-electron chi connectivity index (χ0n) is 16.2. The molecule has 0 unspecified atom stereocenters. The van der Waals surface area contributed by atoms with Crippen LogP contribution in [0.15, 0.2) is 36.2 Å². The first-order valence-electron chi connectivity index (χ1n) is 9.56. The summed E-state index contributed by atoms with van der Waals surface area (Å²) in [5, 5.41) is 10.1. The summed E-state index contributed by atoms with van der Waals surface area (Å²) < 4.78 is 5.78. The topological polar surface area (TPSA) is 46.2 Å². The molecule has 2 heterocycles. The minimum atomic E-state index is 0.469. The maximum atomic E-state index is 5.78. The summed E-state index contributed by atoms with van der Waals surface area (Å²) in [4.78, 5) is 4.67. The van der Waals surface area contributed by atoms with Crippen LogP contribution in [0, 0.1) is 5.92 Å². The molecular formula is C22H29N3OS. The maximum absolute atomic E-state index is 5.78. The van der Waals surface area contributed by atoms with Gasteiger partial charge in [0.1, 0.15) is 12.4 Å². The van der Waals surface area contributed by atoms with Gasteiger partial charge >= 0.3 is 0 Å². The van der Waals surface area contributed by atoms with Crippen molar-refractivity contribution in [2.45, 2.75) is 26.3 Å². The van der Waals surface area contributed by atoms with Crippen LogP contribution < -0.4 is 15.4 Å². The van der Waals surface area contributed by atoms with E-state index in [0.29, 0.717) is 12.5 Å². The number of aromatic nitrogens is 1. The van der Waals surface area contributed by atoms with Crippen LogP contribution in [0.3, 0.4) is 0 Å². The van der Waals surface area contributed by atoms with E-state index < -0.39 is 0 Å². The number of rotatable bonds is 10. The Morgan fingerprint density at radius 2 is 2.19 bits per heavy atom. The van der Waals surface area contributed by atoms with Crippen molar-refractivity contribution in [3.63, 3.8) is 0 Å². The van der Waals surface area contributed by atoms with E-state index in [4.69, 9.17) is 4.74 Å². The van der Waals surface area contributed by atoms with Gasteiger partial charge in [0.05, 0.1) is 10.7 Å². The first-order chi connectivity index (χ1) is 13.1. The molecule has 0 saturated carbocycles. The Labute approximate surface area is 166 Å². The SMILES string of the molecule is C=CCOc1cc(/C=C/c2csc(C(C)C)n2)cc(CNCC2CNC2)c1. The number of ether oxygens (including phenoxy) is 1. The van der Waals surface area contributed by atoms with Crippen molar-refractivity contribution in [3.8, 4) is 5.75 Å². The molecule has 1 aliphatic rings. The van der Waals surface area contributed by atoms with Gasteiger partial charge in [-0.25, -0.2) is 4.98 Å². The third-order valence-electron chi connectivity index (χ3n) is 4.46. The molecule has 1 aliphatic heterocycles. The summed E-state index contributed by atoms with van der Waals surface area (Å²) in [5.74, 6) is 2.10. The van der Waals surface area contributed by atoms with Crippen molar-refractivity contribution >= 4 is 23.5 Å². The largest absolute Gasteiger partial charge is 0.490 e. The average molecular weight is 384 g/mol. The van der Waals surface area contributed by atoms with Crippen LogP contribution in [0.4, 0.5) is 0 Å². The van der Waals surface area contributed by atoms with Gasteiger partial charge in [-0.1, -0.05) is 38.6 Å². The molecule has 2 N–H and O–H groups in total. The highest BCUT2D eigenvalue weighted by molar-refractivity contribution is 7.09. The molecule has 1 aromatic heterocycles. The van der Waals surface area contributed by atoms with Crippen LogP contribution in [-0.4, -0.2) is 31.2 Å². The summed E-state index contributed by atoms with van der Waals surface area (Å²) in [6.45, 7) is 12.7. The summed E-state index contributed by atoms with van der Waals surface area (Å²) >= 11 is 1.72. The predicted molar refractivity (Wildman–Crippen MR) is 115 cm³/mol. The van der Waals surface area contributed by atoms with E-state index >= 15 is 0 Å². The molecule has 27 heavy (non-hydrogen) atoms. The number of hydrogen-bond donors (Lipinski definition) is 2. The van der Waals surface area contributed by atoms with Crippen LogP contribution in [0.1, 0.15) is 41.6 Å². The Kier molecular flexibility index (Phi) is 7.21. The first-order valence-corrected chi connectivity index (χ1v) is 10.4. The van der Waals surface area contributed by atoms with Gasteiger partial charge in [0.15, 0.2) is 0 Å². The summed E-state index contributed by atoms with van der Waals surface area (Å²) in [7, 11) is 0. The monoisotopic (exact) mass is 383 g/mol. The summed E-state index contributed by atoms with van der Waals surface area (Å²) in [5.41, 5.74) is 3.36. The van der Waals surface area contributed by atoms with Crippen molar-refractivity contribution in [1.29, 1.82) is 0 Å². The van der Waals surface area contributed by atoms with Gasteiger partial charge in [0, 0.05) is 37.5 Å². The van der Waals surface area contributed by atoms with Gasteiger partial charge in [-0.05, 0) is 35.3 Å². The molecule has 1 saturated heterocycles. The molecule has 144 valence electrons. The van der Waals surface area contributed by atoms with E-state index in [-0.39, 0.29) is 0 Å². The zero-order valence-corrected chi connectivity index (χ0v) is 17.0. The molecule has 0 spiro atoms. The highest BCUT2D eigenvalue weighted by atomic mass is 32.1. The lowest BCUT2D eigenvalue weighted by Gasteiger charge is -2.27. The highest BCUT2D eigenvalue weighted by Crippen LogP contribution is 2.22. The third-order valence-corrected chi connectivity index (χ3v) is 5.63. The standard InChI is InChI=1S/C22H29N3OS/c1-4-7-26-21-9-17(5-6-20-15-27-22(25-20)16(2)3)8-18(10-21)11-23-12-19-13-24-14-19/h4-6,8-10,15-16,19,23-24H,1,7,11-14H2,2-3H3/b6-5+. The molecule has 5 heteroatoms. The van der Waals surface area contributed by atoms with Crippen LogP contribution >= 0.6 is 11.3 Å². The fraction of sp³-hybridized carbons (Fsp3) is 0.409. The molecule has 1 aromatic carbocycles. The minimum Gasteiger partial charge on any atom is -0.490 e. The highest BCUT2D eigenvalue weighted by Gasteiger charge is 2.15. The molecule has 1 fully saturated rings. The molecule has 3 rings (SSSR count). The van der Waals surface area contributed by atoms with E-state index in [1.54, 1.807) is 17.4 Å². The van der Waals surface area contributed by atoms with E-state index in [9.17, 15) is 0 Å².